The third-order valence-electron chi connectivity index (χ3n) is 5.72. The van der Waals surface area contributed by atoms with E-state index in [1.807, 2.05) is 11.6 Å². The summed E-state index contributed by atoms with van der Waals surface area (Å²) in [5, 5.41) is 3.24. The van der Waals surface area contributed by atoms with E-state index in [-0.39, 0.29) is 23.2 Å². The number of aromatic nitrogens is 4. The molecule has 3 heterocycles. The summed E-state index contributed by atoms with van der Waals surface area (Å²) in [4.78, 5) is 22.2. The molecule has 8 heteroatoms. The lowest BCUT2D eigenvalue weighted by Gasteiger charge is -2.15. The summed E-state index contributed by atoms with van der Waals surface area (Å²) in [6, 6.07) is 13.8. The van der Waals surface area contributed by atoms with Crippen molar-refractivity contribution in [2.24, 2.45) is 0 Å². The lowest BCUT2D eigenvalue weighted by Crippen LogP contribution is -2.17. The van der Waals surface area contributed by atoms with Crippen molar-refractivity contribution in [1.82, 2.24) is 19.3 Å². The van der Waals surface area contributed by atoms with Gasteiger partial charge >= 0.3 is 0 Å². The number of hydrogen-bond donors (Lipinski definition) is 1. The number of anilines is 1. The topological polar surface area (TPSA) is 64.7 Å². The number of halogens is 2. The third kappa shape index (κ3) is 3.57. The van der Waals surface area contributed by atoms with Crippen molar-refractivity contribution in [2.45, 2.75) is 32.5 Å². The lowest BCUT2D eigenvalue weighted by atomic mass is 10.0. The Balaban J connectivity index is 1.56. The molecule has 0 amide bonds. The van der Waals surface area contributed by atoms with Crippen LogP contribution in [0, 0.1) is 11.6 Å². The van der Waals surface area contributed by atoms with Gasteiger partial charge < -0.3 is 5.32 Å². The van der Waals surface area contributed by atoms with E-state index < -0.39 is 0 Å². The van der Waals surface area contributed by atoms with E-state index >= 15 is 0 Å². The Hall–Kier alpha value is -3.81. The van der Waals surface area contributed by atoms with E-state index in [1.165, 1.54) is 24.3 Å². The van der Waals surface area contributed by atoms with Crippen LogP contribution in [0.1, 0.15) is 24.9 Å². The molecule has 2 aromatic heterocycles. The van der Waals surface area contributed by atoms with Gasteiger partial charge in [0.2, 0.25) is 5.95 Å². The smallest absolute Gasteiger partial charge is 0.275 e. The fraction of sp³-hybridized carbons (Fsp3) is 0.208. The second-order valence-corrected chi connectivity index (χ2v) is 7.82. The largest absolute Gasteiger partial charge is 0.348 e. The molecule has 1 aliphatic heterocycles. The van der Waals surface area contributed by atoms with Gasteiger partial charge in [-0.3, -0.25) is 9.48 Å². The van der Waals surface area contributed by atoms with Crippen molar-refractivity contribution < 1.29 is 8.78 Å². The van der Waals surface area contributed by atoms with E-state index in [9.17, 15) is 13.6 Å². The number of hydrogen-bond acceptors (Lipinski definition) is 4. The second-order valence-electron chi connectivity index (χ2n) is 7.82. The van der Waals surface area contributed by atoms with E-state index in [2.05, 4.69) is 15.3 Å². The molecule has 4 aromatic rings. The molecule has 0 unspecified atom stereocenters. The molecule has 0 aliphatic carbocycles. The molecule has 1 N–H and O–H groups in total. The zero-order valence-corrected chi connectivity index (χ0v) is 17.4. The molecule has 0 spiro atoms. The molecular weight excluding hydrogens is 412 g/mol. The normalized spacial score (nSPS) is 13.7. The number of nitrogens with one attached hydrogen (secondary N) is 1. The van der Waals surface area contributed by atoms with Gasteiger partial charge in [0.15, 0.2) is 0 Å². The maximum absolute atomic E-state index is 13.5. The lowest BCUT2D eigenvalue weighted by molar-refractivity contribution is 0.599. The molecule has 0 saturated carbocycles. The minimum Gasteiger partial charge on any atom is -0.348 e. The van der Waals surface area contributed by atoms with Crippen LogP contribution in [0.4, 0.5) is 14.7 Å². The number of fused-ring (bicyclic) bond motifs is 1. The molecule has 1 atom stereocenters. The van der Waals surface area contributed by atoms with Gasteiger partial charge in [0.05, 0.1) is 23.0 Å². The van der Waals surface area contributed by atoms with Crippen LogP contribution in [0.2, 0.25) is 0 Å². The van der Waals surface area contributed by atoms with Crippen molar-refractivity contribution >= 4 is 5.95 Å². The Morgan fingerprint density at radius 2 is 1.59 bits per heavy atom. The van der Waals surface area contributed by atoms with Crippen LogP contribution < -0.4 is 10.9 Å². The van der Waals surface area contributed by atoms with Crippen molar-refractivity contribution in [2.75, 3.05) is 5.32 Å². The molecule has 5 rings (SSSR count). The number of benzene rings is 2. The molecule has 162 valence electrons. The zero-order valence-electron chi connectivity index (χ0n) is 17.4. The average molecular weight is 433 g/mol. The summed E-state index contributed by atoms with van der Waals surface area (Å²) in [5.74, 6) is -0.249. The van der Waals surface area contributed by atoms with Gasteiger partial charge in [0.1, 0.15) is 11.6 Å². The quantitative estimate of drug-likeness (QED) is 0.499. The van der Waals surface area contributed by atoms with Gasteiger partial charge in [0.25, 0.3) is 5.56 Å². The minimum atomic E-state index is -0.356. The summed E-state index contributed by atoms with van der Waals surface area (Å²) in [6.45, 7) is 3.27. The SMILES string of the molecule is C[C@H](Nc1nccc(-c2c(-c3ccc(F)cc3)c(=O)n3n2CCC3)n1)c1ccc(F)cc1. The van der Waals surface area contributed by atoms with Crippen molar-refractivity contribution in [3.63, 3.8) is 0 Å². The van der Waals surface area contributed by atoms with Crippen molar-refractivity contribution in [1.29, 1.82) is 0 Å². The predicted octanol–water partition coefficient (Wildman–Crippen LogP) is 4.63. The molecular formula is C24H21F2N5O. The highest BCUT2D eigenvalue weighted by molar-refractivity contribution is 5.79. The first kappa shape index (κ1) is 20.1. The Morgan fingerprint density at radius 3 is 2.31 bits per heavy atom. The van der Waals surface area contributed by atoms with Crippen LogP contribution in [0.5, 0.6) is 0 Å². The van der Waals surface area contributed by atoms with Gasteiger partial charge in [-0.2, -0.15) is 0 Å². The highest BCUT2D eigenvalue weighted by Gasteiger charge is 2.26. The Bertz CT molecular complexity index is 1330. The summed E-state index contributed by atoms with van der Waals surface area (Å²) in [7, 11) is 0. The van der Waals surface area contributed by atoms with Gasteiger partial charge in [0, 0.05) is 19.3 Å². The van der Waals surface area contributed by atoms with E-state index in [1.54, 1.807) is 41.2 Å². The molecule has 1 aliphatic rings. The highest BCUT2D eigenvalue weighted by Crippen LogP contribution is 2.32. The minimum absolute atomic E-state index is 0.114. The van der Waals surface area contributed by atoms with E-state index in [0.717, 1.165) is 12.0 Å². The zero-order chi connectivity index (χ0) is 22.2. The number of rotatable bonds is 5. The Kier molecular flexibility index (Phi) is 5.05. The van der Waals surface area contributed by atoms with Crippen LogP contribution in [0.15, 0.2) is 65.6 Å². The molecule has 2 aromatic carbocycles. The van der Waals surface area contributed by atoms with Gasteiger partial charge in [-0.05, 0) is 54.8 Å². The van der Waals surface area contributed by atoms with Crippen LogP contribution in [0.3, 0.4) is 0 Å². The fourth-order valence-electron chi connectivity index (χ4n) is 4.14. The molecule has 0 saturated heterocycles. The summed E-state index contributed by atoms with van der Waals surface area (Å²) in [5.41, 5.74) is 3.23. The first-order valence-corrected chi connectivity index (χ1v) is 10.5. The molecule has 0 fully saturated rings. The molecule has 32 heavy (non-hydrogen) atoms. The van der Waals surface area contributed by atoms with Crippen LogP contribution in [-0.4, -0.2) is 19.3 Å². The Labute approximate surface area is 183 Å². The first-order chi connectivity index (χ1) is 15.5. The molecule has 6 nitrogen and oxygen atoms in total. The second kappa shape index (κ2) is 8.03. The summed E-state index contributed by atoms with van der Waals surface area (Å²) < 4.78 is 30.4. The fourth-order valence-corrected chi connectivity index (χ4v) is 4.14. The van der Waals surface area contributed by atoms with Gasteiger partial charge in [-0.1, -0.05) is 24.3 Å². The van der Waals surface area contributed by atoms with E-state index in [0.29, 0.717) is 41.6 Å². The summed E-state index contributed by atoms with van der Waals surface area (Å²) >= 11 is 0. The number of nitrogens with zero attached hydrogens (tertiary/aromatic N) is 4. The Morgan fingerprint density at radius 1 is 0.938 bits per heavy atom. The van der Waals surface area contributed by atoms with Gasteiger partial charge in [-0.25, -0.2) is 23.4 Å². The maximum Gasteiger partial charge on any atom is 0.275 e. The standard InChI is InChI=1S/C24H21F2N5O/c1-15(16-3-7-18(25)8-4-16)28-24-27-12-11-20(29-24)22-21(17-5-9-19(26)10-6-17)23(32)31-14-2-13-30(22)31/h3-12,15H,2,13-14H2,1H3,(H,27,28,29)/t15-/m0/s1. The maximum atomic E-state index is 13.5. The van der Waals surface area contributed by atoms with Crippen LogP contribution in [-0.2, 0) is 13.1 Å². The van der Waals surface area contributed by atoms with Crippen LogP contribution >= 0.6 is 0 Å². The van der Waals surface area contributed by atoms with Crippen LogP contribution in [0.25, 0.3) is 22.5 Å². The first-order valence-electron chi connectivity index (χ1n) is 10.5. The predicted molar refractivity (Wildman–Crippen MR) is 118 cm³/mol. The molecule has 0 radical (unpaired) electrons. The monoisotopic (exact) mass is 433 g/mol. The summed E-state index contributed by atoms with van der Waals surface area (Å²) in [6.07, 6.45) is 2.50. The van der Waals surface area contributed by atoms with E-state index in [4.69, 9.17) is 0 Å². The average Bonchev–Trinajstić information content (AvgIpc) is 3.37. The van der Waals surface area contributed by atoms with Crippen molar-refractivity contribution in [3.05, 3.63) is 88.3 Å². The highest BCUT2D eigenvalue weighted by atomic mass is 19.1. The van der Waals surface area contributed by atoms with Crippen molar-refractivity contribution in [3.8, 4) is 22.5 Å². The van der Waals surface area contributed by atoms with Gasteiger partial charge in [-0.15, -0.1) is 0 Å². The molecule has 0 bridgehead atoms. The third-order valence-corrected chi connectivity index (χ3v) is 5.72.